The zero-order valence-corrected chi connectivity index (χ0v) is 18.6. The molecule has 33 heavy (non-hydrogen) atoms. The molecule has 1 atom stereocenters. The molecule has 0 saturated carbocycles. The molecule has 1 saturated heterocycles. The first-order chi connectivity index (χ1) is 16.1. The van der Waals surface area contributed by atoms with Crippen molar-refractivity contribution in [2.75, 3.05) is 24.8 Å². The maximum atomic E-state index is 12.9. The van der Waals surface area contributed by atoms with Gasteiger partial charge in [0, 0.05) is 30.7 Å². The highest BCUT2D eigenvalue weighted by molar-refractivity contribution is 6.30. The SMILES string of the molecule is O=C(NCc1ccc2c(c1)OCO2)C1CCCN(c2ccc(=O)n(-c3cccc(Cl)c3)n2)C1. The third-order valence-corrected chi connectivity index (χ3v) is 6.09. The molecular weight excluding hydrogens is 444 g/mol. The Kier molecular flexibility index (Phi) is 5.92. The van der Waals surface area contributed by atoms with Crippen molar-refractivity contribution < 1.29 is 14.3 Å². The Morgan fingerprint density at radius 2 is 2.00 bits per heavy atom. The van der Waals surface area contributed by atoms with Crippen molar-refractivity contribution in [2.45, 2.75) is 19.4 Å². The van der Waals surface area contributed by atoms with E-state index in [1.165, 1.54) is 10.7 Å². The number of fused-ring (bicyclic) bond motifs is 1. The number of nitrogens with one attached hydrogen (secondary N) is 1. The third kappa shape index (κ3) is 4.66. The number of benzene rings is 2. The van der Waals surface area contributed by atoms with Crippen molar-refractivity contribution in [3.8, 4) is 17.2 Å². The van der Waals surface area contributed by atoms with Gasteiger partial charge in [-0.1, -0.05) is 23.7 Å². The first kappa shape index (κ1) is 21.3. The largest absolute Gasteiger partial charge is 0.454 e. The molecule has 3 heterocycles. The normalized spacial score (nSPS) is 17.1. The Bertz CT molecular complexity index is 1250. The summed E-state index contributed by atoms with van der Waals surface area (Å²) in [5.41, 5.74) is 1.32. The van der Waals surface area contributed by atoms with Crippen molar-refractivity contribution in [3.63, 3.8) is 0 Å². The van der Waals surface area contributed by atoms with E-state index >= 15 is 0 Å². The Morgan fingerprint density at radius 1 is 1.12 bits per heavy atom. The van der Waals surface area contributed by atoms with Crippen LogP contribution in [0, 0.1) is 5.92 Å². The smallest absolute Gasteiger partial charge is 0.271 e. The van der Waals surface area contributed by atoms with Gasteiger partial charge in [-0.05, 0) is 54.8 Å². The van der Waals surface area contributed by atoms with E-state index in [0.29, 0.717) is 35.4 Å². The molecule has 5 rings (SSSR count). The quantitative estimate of drug-likeness (QED) is 0.621. The van der Waals surface area contributed by atoms with Gasteiger partial charge in [-0.2, -0.15) is 4.68 Å². The van der Waals surface area contributed by atoms with Crippen LogP contribution >= 0.6 is 11.6 Å². The summed E-state index contributed by atoms with van der Waals surface area (Å²) in [7, 11) is 0. The van der Waals surface area contributed by atoms with Gasteiger partial charge in [0.2, 0.25) is 12.7 Å². The zero-order chi connectivity index (χ0) is 22.8. The Labute approximate surface area is 195 Å². The second-order valence-electron chi connectivity index (χ2n) is 8.11. The van der Waals surface area contributed by atoms with Gasteiger partial charge in [0.05, 0.1) is 11.6 Å². The molecule has 2 aromatic carbocycles. The van der Waals surface area contributed by atoms with E-state index < -0.39 is 0 Å². The van der Waals surface area contributed by atoms with Crippen molar-refractivity contribution in [1.29, 1.82) is 0 Å². The lowest BCUT2D eigenvalue weighted by molar-refractivity contribution is -0.125. The molecule has 0 bridgehead atoms. The number of aromatic nitrogens is 2. The minimum atomic E-state index is -0.240. The lowest BCUT2D eigenvalue weighted by Crippen LogP contribution is -2.43. The van der Waals surface area contributed by atoms with Crippen LogP contribution in [0.1, 0.15) is 18.4 Å². The monoisotopic (exact) mass is 466 g/mol. The molecule has 3 aromatic rings. The maximum absolute atomic E-state index is 12.9. The standard InChI is InChI=1S/C24H23ClN4O4/c25-18-4-1-5-19(12-18)29-23(30)9-8-22(27-29)28-10-2-3-17(14-28)24(31)26-13-16-6-7-20-21(11-16)33-15-32-20/h1,4-9,11-12,17H,2-3,10,13-15H2,(H,26,31). The fraction of sp³-hybridized carbons (Fsp3) is 0.292. The molecule has 1 aromatic heterocycles. The van der Waals surface area contributed by atoms with Gasteiger partial charge in [-0.3, -0.25) is 9.59 Å². The number of ether oxygens (including phenoxy) is 2. The lowest BCUT2D eigenvalue weighted by atomic mass is 9.97. The molecule has 1 unspecified atom stereocenters. The molecule has 9 heteroatoms. The molecule has 1 N–H and O–H groups in total. The number of anilines is 1. The third-order valence-electron chi connectivity index (χ3n) is 5.86. The molecule has 1 amide bonds. The second kappa shape index (κ2) is 9.15. The van der Waals surface area contributed by atoms with Crippen LogP contribution in [0.3, 0.4) is 0 Å². The average molecular weight is 467 g/mol. The van der Waals surface area contributed by atoms with E-state index in [-0.39, 0.29) is 24.2 Å². The topological polar surface area (TPSA) is 85.7 Å². The van der Waals surface area contributed by atoms with Crippen LogP contribution in [-0.4, -0.2) is 35.6 Å². The van der Waals surface area contributed by atoms with Gasteiger partial charge in [-0.15, -0.1) is 5.10 Å². The van der Waals surface area contributed by atoms with E-state index in [2.05, 4.69) is 15.3 Å². The van der Waals surface area contributed by atoms with E-state index in [1.54, 1.807) is 30.3 Å². The Morgan fingerprint density at radius 3 is 2.88 bits per heavy atom. The molecule has 0 radical (unpaired) electrons. The number of halogens is 1. The number of rotatable bonds is 5. The number of carbonyl (C=O) groups is 1. The van der Waals surface area contributed by atoms with E-state index in [1.807, 2.05) is 18.2 Å². The van der Waals surface area contributed by atoms with Crippen LogP contribution in [-0.2, 0) is 11.3 Å². The average Bonchev–Trinajstić information content (AvgIpc) is 3.31. The summed E-state index contributed by atoms with van der Waals surface area (Å²) >= 11 is 6.08. The van der Waals surface area contributed by atoms with Crippen LogP contribution in [0.15, 0.2) is 59.4 Å². The summed E-state index contributed by atoms with van der Waals surface area (Å²) in [5, 5.41) is 8.11. The van der Waals surface area contributed by atoms with E-state index in [4.69, 9.17) is 21.1 Å². The summed E-state index contributed by atoms with van der Waals surface area (Å²) in [4.78, 5) is 27.3. The highest BCUT2D eigenvalue weighted by atomic mass is 35.5. The van der Waals surface area contributed by atoms with Crippen LogP contribution in [0.2, 0.25) is 5.02 Å². The lowest BCUT2D eigenvalue weighted by Gasteiger charge is -2.33. The first-order valence-electron chi connectivity index (χ1n) is 10.8. The predicted molar refractivity (Wildman–Crippen MR) is 124 cm³/mol. The van der Waals surface area contributed by atoms with Gasteiger partial charge < -0.3 is 19.7 Å². The van der Waals surface area contributed by atoms with Gasteiger partial charge >= 0.3 is 0 Å². The molecular formula is C24H23ClN4O4. The minimum Gasteiger partial charge on any atom is -0.454 e. The van der Waals surface area contributed by atoms with Crippen LogP contribution in [0.4, 0.5) is 5.82 Å². The van der Waals surface area contributed by atoms with Crippen LogP contribution in [0.25, 0.3) is 5.69 Å². The number of nitrogens with zero attached hydrogens (tertiary/aromatic N) is 3. The summed E-state index contributed by atoms with van der Waals surface area (Å²) in [6.07, 6.45) is 1.66. The van der Waals surface area contributed by atoms with Gasteiger partial charge in [0.1, 0.15) is 5.82 Å². The number of hydrogen-bond acceptors (Lipinski definition) is 6. The summed E-state index contributed by atoms with van der Waals surface area (Å²) in [5.74, 6) is 1.91. The minimum absolute atomic E-state index is 0.000490. The highest BCUT2D eigenvalue weighted by Crippen LogP contribution is 2.32. The second-order valence-corrected chi connectivity index (χ2v) is 8.55. The fourth-order valence-electron chi connectivity index (χ4n) is 4.15. The van der Waals surface area contributed by atoms with Crippen molar-refractivity contribution >= 4 is 23.3 Å². The molecule has 1 fully saturated rings. The molecule has 2 aliphatic heterocycles. The molecule has 2 aliphatic rings. The number of hydrogen-bond donors (Lipinski definition) is 1. The van der Waals surface area contributed by atoms with Gasteiger partial charge in [0.15, 0.2) is 11.5 Å². The van der Waals surface area contributed by atoms with Crippen LogP contribution < -0.4 is 25.2 Å². The van der Waals surface area contributed by atoms with Crippen molar-refractivity contribution in [2.24, 2.45) is 5.92 Å². The van der Waals surface area contributed by atoms with Gasteiger partial charge in [-0.25, -0.2) is 0 Å². The maximum Gasteiger partial charge on any atom is 0.271 e. The highest BCUT2D eigenvalue weighted by Gasteiger charge is 2.27. The number of amides is 1. The summed E-state index contributed by atoms with van der Waals surface area (Å²) in [6, 6.07) is 15.9. The zero-order valence-electron chi connectivity index (χ0n) is 17.9. The Balaban J connectivity index is 1.26. The fourth-order valence-corrected chi connectivity index (χ4v) is 4.33. The molecule has 0 spiro atoms. The summed E-state index contributed by atoms with van der Waals surface area (Å²) < 4.78 is 12.1. The van der Waals surface area contributed by atoms with E-state index in [0.717, 1.165) is 30.7 Å². The van der Waals surface area contributed by atoms with Crippen LogP contribution in [0.5, 0.6) is 11.5 Å². The predicted octanol–water partition coefficient (Wildman–Crippen LogP) is 3.15. The van der Waals surface area contributed by atoms with Crippen molar-refractivity contribution in [1.82, 2.24) is 15.1 Å². The first-order valence-corrected chi connectivity index (χ1v) is 11.2. The molecule has 8 nitrogen and oxygen atoms in total. The Hall–Kier alpha value is -3.52. The molecule has 170 valence electrons. The molecule has 0 aliphatic carbocycles. The van der Waals surface area contributed by atoms with Gasteiger partial charge in [0.25, 0.3) is 5.56 Å². The number of carbonyl (C=O) groups excluding carboxylic acids is 1. The number of piperidine rings is 1. The van der Waals surface area contributed by atoms with E-state index in [9.17, 15) is 9.59 Å². The summed E-state index contributed by atoms with van der Waals surface area (Å²) in [6.45, 7) is 1.95. The van der Waals surface area contributed by atoms with Crippen molar-refractivity contribution in [3.05, 3.63) is 75.5 Å².